The summed E-state index contributed by atoms with van der Waals surface area (Å²) in [6.07, 6.45) is 0.852. The molecule has 2 rings (SSSR count). The van der Waals surface area contributed by atoms with Crippen molar-refractivity contribution in [1.29, 1.82) is 0 Å². The lowest BCUT2D eigenvalue weighted by atomic mass is 10.1. The highest BCUT2D eigenvalue weighted by Crippen LogP contribution is 2.24. The number of rotatable bonds is 7. The van der Waals surface area contributed by atoms with Crippen LogP contribution >= 0.6 is 15.9 Å². The van der Waals surface area contributed by atoms with Crippen LogP contribution in [0.3, 0.4) is 0 Å². The van der Waals surface area contributed by atoms with Crippen LogP contribution in [0.25, 0.3) is 0 Å². The van der Waals surface area contributed by atoms with Crippen molar-refractivity contribution in [1.82, 2.24) is 5.32 Å². The van der Waals surface area contributed by atoms with E-state index in [0.29, 0.717) is 28.9 Å². The molecule has 0 fully saturated rings. The van der Waals surface area contributed by atoms with E-state index in [9.17, 15) is 9.18 Å². The van der Waals surface area contributed by atoms with E-state index < -0.39 is 0 Å². The number of carbonyl (C=O) groups excluding carboxylic acids is 1. The van der Waals surface area contributed by atoms with E-state index in [4.69, 9.17) is 9.47 Å². The van der Waals surface area contributed by atoms with Gasteiger partial charge in [0.25, 0.3) is 0 Å². The Balaban J connectivity index is 1.88. The van der Waals surface area contributed by atoms with Gasteiger partial charge in [0, 0.05) is 18.2 Å². The molecule has 0 aliphatic carbocycles. The molecule has 1 N–H and O–H groups in total. The van der Waals surface area contributed by atoms with Gasteiger partial charge < -0.3 is 14.8 Å². The topological polar surface area (TPSA) is 47.6 Å². The number of benzene rings is 2. The monoisotopic (exact) mass is 395 g/mol. The third-order valence-electron chi connectivity index (χ3n) is 3.57. The van der Waals surface area contributed by atoms with Crippen LogP contribution in [0.2, 0.25) is 0 Å². The number of hydrogen-bond acceptors (Lipinski definition) is 3. The molecule has 0 unspecified atom stereocenters. The van der Waals surface area contributed by atoms with Gasteiger partial charge in [-0.2, -0.15) is 0 Å². The van der Waals surface area contributed by atoms with Crippen LogP contribution in [0.4, 0.5) is 4.39 Å². The Morgan fingerprint density at radius 1 is 1.17 bits per heavy atom. The lowest BCUT2D eigenvalue weighted by molar-refractivity contribution is -0.120. The van der Waals surface area contributed by atoms with Gasteiger partial charge in [0.1, 0.15) is 17.3 Å². The summed E-state index contributed by atoms with van der Waals surface area (Å²) < 4.78 is 24.0. The lowest BCUT2D eigenvalue weighted by Crippen LogP contribution is -2.27. The molecular formula is C18H19BrFNO3. The summed E-state index contributed by atoms with van der Waals surface area (Å²) in [5.74, 6) is 0.902. The Morgan fingerprint density at radius 2 is 1.96 bits per heavy atom. The van der Waals surface area contributed by atoms with Crippen molar-refractivity contribution >= 4 is 21.8 Å². The molecule has 0 spiro atoms. The predicted octanol–water partition coefficient (Wildman–Crippen LogP) is 3.51. The third-order valence-corrected chi connectivity index (χ3v) is 4.17. The maximum Gasteiger partial charge on any atom is 0.224 e. The fraction of sp³-hybridized carbons (Fsp3) is 0.278. The van der Waals surface area contributed by atoms with Gasteiger partial charge in [-0.05, 0) is 46.1 Å². The van der Waals surface area contributed by atoms with E-state index in [0.717, 1.165) is 11.1 Å². The molecule has 128 valence electrons. The highest BCUT2D eigenvalue weighted by atomic mass is 79.9. The second kappa shape index (κ2) is 8.68. The normalized spacial score (nSPS) is 10.3. The summed E-state index contributed by atoms with van der Waals surface area (Å²) in [6, 6.07) is 10.2. The van der Waals surface area contributed by atoms with Crippen molar-refractivity contribution in [3.05, 3.63) is 57.8 Å². The molecule has 0 heterocycles. The van der Waals surface area contributed by atoms with E-state index in [1.165, 1.54) is 6.07 Å². The van der Waals surface area contributed by atoms with Crippen molar-refractivity contribution in [3.8, 4) is 11.5 Å². The minimum atomic E-state index is -0.297. The molecule has 24 heavy (non-hydrogen) atoms. The Bertz CT molecular complexity index is 721. The second-order valence-corrected chi connectivity index (χ2v) is 6.06. The van der Waals surface area contributed by atoms with Gasteiger partial charge in [0.15, 0.2) is 0 Å². The highest BCUT2D eigenvalue weighted by Gasteiger charge is 2.10. The standard InChI is InChI=1S/C18H19BrFNO3/c1-23-14-5-4-13(17(11-14)24-2)10-18(22)21-8-7-12-3-6-16(20)15(19)9-12/h3-6,9,11H,7-8,10H2,1-2H3,(H,21,22). The molecular weight excluding hydrogens is 377 g/mol. The fourth-order valence-electron chi connectivity index (χ4n) is 2.27. The maximum atomic E-state index is 13.2. The van der Waals surface area contributed by atoms with Gasteiger partial charge in [-0.1, -0.05) is 12.1 Å². The molecule has 0 aromatic heterocycles. The van der Waals surface area contributed by atoms with Crippen LogP contribution in [0.15, 0.2) is 40.9 Å². The first-order chi connectivity index (χ1) is 11.5. The van der Waals surface area contributed by atoms with Gasteiger partial charge in [-0.15, -0.1) is 0 Å². The van der Waals surface area contributed by atoms with Gasteiger partial charge in [-0.25, -0.2) is 4.39 Å². The van der Waals surface area contributed by atoms with Crippen LogP contribution in [0.1, 0.15) is 11.1 Å². The third kappa shape index (κ3) is 4.96. The largest absolute Gasteiger partial charge is 0.497 e. The van der Waals surface area contributed by atoms with Crippen LogP contribution in [0.5, 0.6) is 11.5 Å². The summed E-state index contributed by atoms with van der Waals surface area (Å²) in [5.41, 5.74) is 1.74. The van der Waals surface area contributed by atoms with Crippen molar-refractivity contribution in [2.24, 2.45) is 0 Å². The van der Waals surface area contributed by atoms with E-state index in [-0.39, 0.29) is 18.1 Å². The summed E-state index contributed by atoms with van der Waals surface area (Å²) in [4.78, 5) is 12.1. The number of halogens is 2. The number of nitrogens with one attached hydrogen (secondary N) is 1. The van der Waals surface area contributed by atoms with Crippen molar-refractivity contribution < 1.29 is 18.7 Å². The van der Waals surface area contributed by atoms with Gasteiger partial charge in [0.05, 0.1) is 25.1 Å². The average molecular weight is 396 g/mol. The summed E-state index contributed by atoms with van der Waals surface area (Å²) in [6.45, 7) is 0.482. The molecule has 0 radical (unpaired) electrons. The molecule has 0 aliphatic rings. The average Bonchev–Trinajstić information content (AvgIpc) is 2.58. The molecule has 0 aliphatic heterocycles. The van der Waals surface area contributed by atoms with Gasteiger partial charge in [-0.3, -0.25) is 4.79 Å². The Kier molecular flexibility index (Phi) is 6.61. The minimum absolute atomic E-state index is 0.0976. The summed E-state index contributed by atoms with van der Waals surface area (Å²) in [5, 5.41) is 2.86. The molecule has 2 aromatic carbocycles. The molecule has 0 bridgehead atoms. The first-order valence-electron chi connectivity index (χ1n) is 7.45. The first-order valence-corrected chi connectivity index (χ1v) is 8.24. The Hall–Kier alpha value is -2.08. The molecule has 1 amide bonds. The number of hydrogen-bond donors (Lipinski definition) is 1. The molecule has 0 saturated carbocycles. The van der Waals surface area contributed by atoms with Gasteiger partial charge >= 0.3 is 0 Å². The van der Waals surface area contributed by atoms with Crippen LogP contribution in [-0.4, -0.2) is 26.7 Å². The minimum Gasteiger partial charge on any atom is -0.497 e. The summed E-state index contributed by atoms with van der Waals surface area (Å²) in [7, 11) is 3.14. The van der Waals surface area contributed by atoms with Crippen molar-refractivity contribution in [3.63, 3.8) is 0 Å². The number of methoxy groups -OCH3 is 2. The number of carbonyl (C=O) groups is 1. The van der Waals surface area contributed by atoms with Crippen LogP contribution in [0, 0.1) is 5.82 Å². The number of ether oxygens (including phenoxy) is 2. The molecule has 2 aromatic rings. The molecule has 0 atom stereocenters. The molecule has 4 nitrogen and oxygen atoms in total. The van der Waals surface area contributed by atoms with Crippen molar-refractivity contribution in [2.75, 3.05) is 20.8 Å². The van der Waals surface area contributed by atoms with E-state index in [1.54, 1.807) is 38.5 Å². The van der Waals surface area contributed by atoms with Crippen LogP contribution in [-0.2, 0) is 17.6 Å². The maximum absolute atomic E-state index is 13.2. The number of amides is 1. The fourth-order valence-corrected chi connectivity index (χ4v) is 2.70. The highest BCUT2D eigenvalue weighted by molar-refractivity contribution is 9.10. The lowest BCUT2D eigenvalue weighted by Gasteiger charge is -2.11. The molecule has 0 saturated heterocycles. The van der Waals surface area contributed by atoms with E-state index >= 15 is 0 Å². The Morgan fingerprint density at radius 3 is 2.62 bits per heavy atom. The van der Waals surface area contributed by atoms with Gasteiger partial charge in [0.2, 0.25) is 5.91 Å². The zero-order valence-electron chi connectivity index (χ0n) is 13.6. The smallest absolute Gasteiger partial charge is 0.224 e. The van der Waals surface area contributed by atoms with E-state index in [2.05, 4.69) is 21.2 Å². The van der Waals surface area contributed by atoms with Crippen LogP contribution < -0.4 is 14.8 Å². The second-order valence-electron chi connectivity index (χ2n) is 5.20. The predicted molar refractivity (Wildman–Crippen MR) is 94.1 cm³/mol. The first kappa shape index (κ1) is 18.3. The quantitative estimate of drug-likeness (QED) is 0.780. The SMILES string of the molecule is COc1ccc(CC(=O)NCCc2ccc(F)c(Br)c2)c(OC)c1. The Labute approximate surface area is 149 Å². The molecule has 6 heteroatoms. The zero-order chi connectivity index (χ0) is 17.5. The summed E-state index contributed by atoms with van der Waals surface area (Å²) >= 11 is 3.15. The van der Waals surface area contributed by atoms with Crippen molar-refractivity contribution in [2.45, 2.75) is 12.8 Å². The van der Waals surface area contributed by atoms with E-state index in [1.807, 2.05) is 6.07 Å². The zero-order valence-corrected chi connectivity index (χ0v) is 15.2.